The number of carbonyl (C=O) groups is 1. The lowest BCUT2D eigenvalue weighted by Crippen LogP contribution is -2.50. The number of hydrogen-bond acceptors (Lipinski definition) is 4. The Hall–Kier alpha value is -3.36. The summed E-state index contributed by atoms with van der Waals surface area (Å²) in [6.07, 6.45) is -4.89. The van der Waals surface area contributed by atoms with Gasteiger partial charge >= 0.3 is 12.3 Å². The molecule has 0 N–H and O–H groups in total. The maximum Gasteiger partial charge on any atom is 0.431 e. The molecule has 0 spiro atoms. The second-order valence-corrected chi connectivity index (χ2v) is 9.63. The first-order valence-corrected chi connectivity index (χ1v) is 11.5. The lowest BCUT2D eigenvalue weighted by Gasteiger charge is -2.37. The number of fused-ring (bicyclic) bond motifs is 1. The standard InChI is InChI=1S/C26H30F3N3O3/c1-25(2,3)35-24(33)31-13-11-30(12-14-31)21-9-6-10-22-20(21)16-23(26(27,28)29)32(22)17-18-7-5-8-19(15-18)34-4/h5-10,15-16H,11-14,17H2,1-4H3. The van der Waals surface area contributed by atoms with Crippen LogP contribution in [0.4, 0.5) is 23.7 Å². The highest BCUT2D eigenvalue weighted by Gasteiger charge is 2.36. The molecule has 2 heterocycles. The molecule has 9 heteroatoms. The van der Waals surface area contributed by atoms with Gasteiger partial charge in [-0.25, -0.2) is 4.79 Å². The number of aromatic nitrogens is 1. The molecule has 2 aromatic carbocycles. The molecule has 0 radical (unpaired) electrons. The van der Waals surface area contributed by atoms with Gasteiger partial charge in [0.15, 0.2) is 0 Å². The summed E-state index contributed by atoms with van der Waals surface area (Å²) in [6, 6.07) is 13.6. The zero-order valence-electron chi connectivity index (χ0n) is 20.4. The zero-order valence-corrected chi connectivity index (χ0v) is 20.4. The maximum atomic E-state index is 14.1. The summed E-state index contributed by atoms with van der Waals surface area (Å²) in [4.78, 5) is 16.1. The summed E-state index contributed by atoms with van der Waals surface area (Å²) in [5.74, 6) is 0.594. The first-order chi connectivity index (χ1) is 16.5. The van der Waals surface area contributed by atoms with Gasteiger partial charge in [0.25, 0.3) is 0 Å². The molecule has 1 aliphatic rings. The number of hydrogen-bond donors (Lipinski definition) is 0. The molecule has 188 valence electrons. The van der Waals surface area contributed by atoms with Crippen molar-refractivity contribution in [3.8, 4) is 5.75 Å². The van der Waals surface area contributed by atoms with Crippen LogP contribution in [-0.2, 0) is 17.5 Å². The summed E-state index contributed by atoms with van der Waals surface area (Å²) in [5.41, 5.74) is 0.659. The molecule has 1 amide bonds. The Morgan fingerprint density at radius 1 is 0.971 bits per heavy atom. The number of methoxy groups -OCH3 is 1. The summed E-state index contributed by atoms with van der Waals surface area (Å²) in [5, 5.41) is 0.536. The van der Waals surface area contributed by atoms with Crippen molar-refractivity contribution in [2.45, 2.75) is 39.1 Å². The topological polar surface area (TPSA) is 46.9 Å². The second-order valence-electron chi connectivity index (χ2n) is 9.63. The van der Waals surface area contributed by atoms with Crippen LogP contribution in [0.3, 0.4) is 0 Å². The zero-order chi connectivity index (χ0) is 25.4. The van der Waals surface area contributed by atoms with Crippen molar-refractivity contribution in [2.24, 2.45) is 0 Å². The van der Waals surface area contributed by atoms with Gasteiger partial charge < -0.3 is 23.8 Å². The number of anilines is 1. The molecule has 35 heavy (non-hydrogen) atoms. The third-order valence-electron chi connectivity index (χ3n) is 5.96. The first kappa shape index (κ1) is 24.8. The predicted octanol–water partition coefficient (Wildman–Crippen LogP) is 5.77. The van der Waals surface area contributed by atoms with Crippen molar-refractivity contribution < 1.29 is 27.4 Å². The monoisotopic (exact) mass is 489 g/mol. The highest BCUT2D eigenvalue weighted by molar-refractivity contribution is 5.94. The summed E-state index contributed by atoms with van der Waals surface area (Å²) >= 11 is 0. The molecule has 0 unspecified atom stereocenters. The Kier molecular flexibility index (Phi) is 6.62. The summed E-state index contributed by atoms with van der Waals surface area (Å²) < 4.78 is 54.2. The van der Waals surface area contributed by atoms with E-state index in [1.807, 2.05) is 31.7 Å². The highest BCUT2D eigenvalue weighted by Crippen LogP contribution is 2.38. The molecule has 0 bridgehead atoms. The normalized spacial score (nSPS) is 14.9. The number of halogens is 3. The van der Waals surface area contributed by atoms with E-state index >= 15 is 0 Å². The van der Waals surface area contributed by atoms with Gasteiger partial charge in [-0.3, -0.25) is 0 Å². The third-order valence-corrected chi connectivity index (χ3v) is 5.96. The van der Waals surface area contributed by atoms with Gasteiger partial charge in [-0.1, -0.05) is 18.2 Å². The highest BCUT2D eigenvalue weighted by atomic mass is 19.4. The number of alkyl halides is 3. The van der Waals surface area contributed by atoms with E-state index in [9.17, 15) is 18.0 Å². The van der Waals surface area contributed by atoms with E-state index < -0.39 is 17.5 Å². The average Bonchev–Trinajstić information content (AvgIpc) is 3.17. The molecule has 0 aliphatic carbocycles. The molecule has 0 atom stereocenters. The number of nitrogens with zero attached hydrogens (tertiary/aromatic N) is 3. The minimum Gasteiger partial charge on any atom is -0.497 e. The van der Waals surface area contributed by atoms with Crippen LogP contribution in [0, 0.1) is 0 Å². The van der Waals surface area contributed by atoms with Crippen LogP contribution < -0.4 is 9.64 Å². The van der Waals surface area contributed by atoms with Crippen molar-refractivity contribution in [1.29, 1.82) is 0 Å². The molecule has 0 saturated carbocycles. The van der Waals surface area contributed by atoms with E-state index in [2.05, 4.69) is 0 Å². The van der Waals surface area contributed by atoms with Crippen molar-refractivity contribution in [1.82, 2.24) is 9.47 Å². The quantitative estimate of drug-likeness (QED) is 0.467. The van der Waals surface area contributed by atoms with E-state index in [4.69, 9.17) is 9.47 Å². The van der Waals surface area contributed by atoms with Crippen LogP contribution in [0.15, 0.2) is 48.5 Å². The number of piperazine rings is 1. The van der Waals surface area contributed by atoms with Crippen LogP contribution in [0.25, 0.3) is 10.9 Å². The van der Waals surface area contributed by atoms with Gasteiger partial charge in [0.2, 0.25) is 0 Å². The SMILES string of the molecule is COc1cccc(Cn2c(C(F)(F)F)cc3c(N4CCN(C(=O)OC(C)(C)C)CC4)cccc32)c1. The van der Waals surface area contributed by atoms with E-state index in [0.717, 1.165) is 5.69 Å². The Morgan fingerprint density at radius 3 is 2.29 bits per heavy atom. The Labute approximate surface area is 202 Å². The number of rotatable bonds is 4. The van der Waals surface area contributed by atoms with Gasteiger partial charge in [-0.05, 0) is 56.7 Å². The van der Waals surface area contributed by atoms with Gasteiger partial charge in [-0.15, -0.1) is 0 Å². The largest absolute Gasteiger partial charge is 0.497 e. The number of benzene rings is 2. The van der Waals surface area contributed by atoms with E-state index in [-0.39, 0.29) is 12.6 Å². The number of amides is 1. The molecule has 1 aliphatic heterocycles. The molecule has 1 aromatic heterocycles. The fraction of sp³-hybridized carbons (Fsp3) is 0.423. The van der Waals surface area contributed by atoms with Crippen molar-refractivity contribution in [3.05, 3.63) is 59.8 Å². The maximum absolute atomic E-state index is 14.1. The van der Waals surface area contributed by atoms with Crippen LogP contribution in [0.2, 0.25) is 0 Å². The van der Waals surface area contributed by atoms with Gasteiger partial charge in [0.1, 0.15) is 17.0 Å². The lowest BCUT2D eigenvalue weighted by molar-refractivity contribution is -0.143. The van der Waals surface area contributed by atoms with Crippen LogP contribution in [0.5, 0.6) is 5.75 Å². The predicted molar refractivity (Wildman–Crippen MR) is 129 cm³/mol. The van der Waals surface area contributed by atoms with E-state index in [1.165, 1.54) is 17.7 Å². The van der Waals surface area contributed by atoms with Crippen molar-refractivity contribution in [2.75, 3.05) is 38.2 Å². The van der Waals surface area contributed by atoms with E-state index in [0.29, 0.717) is 48.4 Å². The number of ether oxygens (including phenoxy) is 2. The van der Waals surface area contributed by atoms with Crippen LogP contribution in [-0.4, -0.2) is 54.5 Å². The molecule has 4 rings (SSSR count). The Bertz CT molecular complexity index is 1210. The van der Waals surface area contributed by atoms with Crippen LogP contribution >= 0.6 is 0 Å². The molecule has 3 aromatic rings. The van der Waals surface area contributed by atoms with Crippen molar-refractivity contribution in [3.63, 3.8) is 0 Å². The molecular formula is C26H30F3N3O3. The molecule has 6 nitrogen and oxygen atoms in total. The second kappa shape index (κ2) is 9.36. The molecule has 1 saturated heterocycles. The van der Waals surface area contributed by atoms with Crippen LogP contribution in [0.1, 0.15) is 32.0 Å². The summed E-state index contributed by atoms with van der Waals surface area (Å²) in [7, 11) is 1.53. The van der Waals surface area contributed by atoms with Gasteiger partial charge in [0, 0.05) is 43.8 Å². The van der Waals surface area contributed by atoms with Gasteiger partial charge in [0.05, 0.1) is 12.6 Å². The number of carbonyl (C=O) groups excluding carboxylic acids is 1. The minimum atomic E-state index is -4.51. The third kappa shape index (κ3) is 5.49. The lowest BCUT2D eigenvalue weighted by atomic mass is 10.1. The minimum absolute atomic E-state index is 0.0609. The fourth-order valence-electron chi connectivity index (χ4n) is 4.36. The van der Waals surface area contributed by atoms with Crippen molar-refractivity contribution >= 4 is 22.7 Å². The van der Waals surface area contributed by atoms with E-state index in [1.54, 1.807) is 41.3 Å². The first-order valence-electron chi connectivity index (χ1n) is 11.5. The Morgan fingerprint density at radius 2 is 1.66 bits per heavy atom. The average molecular weight is 490 g/mol. The van der Waals surface area contributed by atoms with Gasteiger partial charge in [-0.2, -0.15) is 13.2 Å². The smallest absolute Gasteiger partial charge is 0.431 e. The fourth-order valence-corrected chi connectivity index (χ4v) is 4.36. The summed E-state index contributed by atoms with van der Waals surface area (Å²) in [6.45, 7) is 7.37. The Balaban J connectivity index is 1.64. The molecule has 1 fully saturated rings. The molecular weight excluding hydrogens is 459 g/mol.